The Morgan fingerprint density at radius 2 is 1.73 bits per heavy atom. The van der Waals surface area contributed by atoms with Crippen LogP contribution in [0.4, 0.5) is 0 Å². The second-order valence-corrected chi connectivity index (χ2v) is 7.81. The van der Waals surface area contributed by atoms with E-state index in [1.165, 1.54) is 5.56 Å². The average Bonchev–Trinajstić information content (AvgIpc) is 2.79. The molecule has 0 heterocycles. The summed E-state index contributed by atoms with van der Waals surface area (Å²) in [5, 5.41) is 6.23. The van der Waals surface area contributed by atoms with Crippen LogP contribution in [0.25, 0.3) is 0 Å². The summed E-state index contributed by atoms with van der Waals surface area (Å²) in [5.74, 6) is 0.393. The number of para-hydroxylation sites is 1. The highest BCUT2D eigenvalue weighted by atomic mass is 16.5. The fraction of sp³-hybridized carbons (Fsp3) is 0.360. The minimum atomic E-state index is -0.152. The molecule has 2 aromatic carbocycles. The molecule has 158 valence electrons. The van der Waals surface area contributed by atoms with Gasteiger partial charge in [0, 0.05) is 18.0 Å². The molecule has 0 bridgehead atoms. The number of ether oxygens (including phenoxy) is 1. The molecule has 0 aromatic heterocycles. The van der Waals surface area contributed by atoms with E-state index in [0.717, 1.165) is 25.7 Å². The van der Waals surface area contributed by atoms with Crippen molar-refractivity contribution in [3.63, 3.8) is 0 Å². The van der Waals surface area contributed by atoms with E-state index in [2.05, 4.69) is 22.8 Å². The molecule has 0 atom stereocenters. The second kappa shape index (κ2) is 10.1. The van der Waals surface area contributed by atoms with Crippen molar-refractivity contribution in [1.82, 2.24) is 10.6 Å². The Labute approximate surface area is 178 Å². The van der Waals surface area contributed by atoms with Crippen molar-refractivity contribution in [2.45, 2.75) is 44.1 Å². The third-order valence-electron chi connectivity index (χ3n) is 5.93. The molecule has 0 spiro atoms. The Kier molecular flexibility index (Phi) is 7.28. The zero-order valence-corrected chi connectivity index (χ0v) is 17.7. The summed E-state index contributed by atoms with van der Waals surface area (Å²) in [5.41, 5.74) is 1.61. The van der Waals surface area contributed by atoms with E-state index >= 15 is 0 Å². The minimum Gasteiger partial charge on any atom is -0.496 e. The lowest BCUT2D eigenvalue weighted by atomic mass is 9.68. The van der Waals surface area contributed by atoms with E-state index in [1.807, 2.05) is 37.3 Å². The lowest BCUT2D eigenvalue weighted by Gasteiger charge is -2.41. The minimum absolute atomic E-state index is 0.0424. The van der Waals surface area contributed by atoms with Crippen LogP contribution in [-0.4, -0.2) is 31.5 Å². The first kappa shape index (κ1) is 21.6. The Morgan fingerprint density at radius 1 is 1.07 bits per heavy atom. The first-order valence-electron chi connectivity index (χ1n) is 10.5. The molecule has 0 saturated heterocycles. The molecule has 3 rings (SSSR count). The summed E-state index contributed by atoms with van der Waals surface area (Å²) < 4.78 is 5.33. The van der Waals surface area contributed by atoms with E-state index in [-0.39, 0.29) is 23.3 Å². The number of rotatable bonds is 7. The standard InChI is InChI=1S/C25H30N2O3/c1-3-9-23(28)27-20-14-16-25(17-15-20,19-10-5-4-6-11-19)18-26-24(29)21-12-7-8-13-22(21)30-2/h3-13,20H,14-18H2,1-2H3,(H,26,29)(H,27,28)/b9-3+/t20-,25+. The number of carbonyl (C=O) groups is 2. The SMILES string of the molecule is C/C=C/C(=O)N[C@H]1CC[C@@](CNC(=O)c2ccccc2OC)(c2ccccc2)CC1. The highest BCUT2D eigenvalue weighted by Gasteiger charge is 2.37. The van der Waals surface area contributed by atoms with Gasteiger partial charge in [-0.15, -0.1) is 0 Å². The highest BCUT2D eigenvalue weighted by Crippen LogP contribution is 2.39. The summed E-state index contributed by atoms with van der Waals surface area (Å²) in [6, 6.07) is 17.8. The first-order valence-corrected chi connectivity index (χ1v) is 10.5. The fourth-order valence-corrected chi connectivity index (χ4v) is 4.25. The number of nitrogens with one attached hydrogen (secondary N) is 2. The maximum absolute atomic E-state index is 12.9. The van der Waals surface area contributed by atoms with Gasteiger partial charge in [-0.2, -0.15) is 0 Å². The van der Waals surface area contributed by atoms with E-state index in [4.69, 9.17) is 4.74 Å². The number of hydrogen-bond donors (Lipinski definition) is 2. The van der Waals surface area contributed by atoms with Crippen molar-refractivity contribution in [2.24, 2.45) is 0 Å². The molecule has 0 unspecified atom stereocenters. The van der Waals surface area contributed by atoms with E-state index < -0.39 is 0 Å². The topological polar surface area (TPSA) is 67.4 Å². The monoisotopic (exact) mass is 406 g/mol. The molecule has 2 aromatic rings. The van der Waals surface area contributed by atoms with Gasteiger partial charge in [-0.3, -0.25) is 9.59 Å². The summed E-state index contributed by atoms with van der Waals surface area (Å²) in [7, 11) is 1.57. The predicted molar refractivity (Wildman–Crippen MR) is 119 cm³/mol. The molecule has 1 saturated carbocycles. The molecule has 1 aliphatic carbocycles. The van der Waals surface area contributed by atoms with Gasteiger partial charge in [-0.1, -0.05) is 48.5 Å². The smallest absolute Gasteiger partial charge is 0.255 e. The van der Waals surface area contributed by atoms with Crippen molar-refractivity contribution >= 4 is 11.8 Å². The second-order valence-electron chi connectivity index (χ2n) is 7.81. The van der Waals surface area contributed by atoms with Crippen LogP contribution in [0.1, 0.15) is 48.5 Å². The normalized spacial score (nSPS) is 21.2. The van der Waals surface area contributed by atoms with Gasteiger partial charge in [0.2, 0.25) is 5.91 Å². The number of carbonyl (C=O) groups excluding carboxylic acids is 2. The van der Waals surface area contributed by atoms with Crippen LogP contribution in [0.15, 0.2) is 66.7 Å². The Hall–Kier alpha value is -3.08. The van der Waals surface area contributed by atoms with Crippen molar-refractivity contribution in [1.29, 1.82) is 0 Å². The van der Waals surface area contributed by atoms with Crippen LogP contribution in [0.2, 0.25) is 0 Å². The molecule has 30 heavy (non-hydrogen) atoms. The van der Waals surface area contributed by atoms with E-state index in [0.29, 0.717) is 17.9 Å². The summed E-state index contributed by atoms with van der Waals surface area (Å²) in [6.07, 6.45) is 6.85. The quantitative estimate of drug-likeness (QED) is 0.683. The van der Waals surface area contributed by atoms with Gasteiger partial charge in [-0.25, -0.2) is 0 Å². The molecule has 2 amide bonds. The third kappa shape index (κ3) is 5.09. The highest BCUT2D eigenvalue weighted by molar-refractivity contribution is 5.97. The summed E-state index contributed by atoms with van der Waals surface area (Å²) in [6.45, 7) is 2.38. The zero-order valence-electron chi connectivity index (χ0n) is 17.7. The average molecular weight is 407 g/mol. The molecule has 2 N–H and O–H groups in total. The number of allylic oxidation sites excluding steroid dienone is 1. The zero-order chi connectivity index (χ0) is 21.4. The largest absolute Gasteiger partial charge is 0.496 e. The number of hydrogen-bond acceptors (Lipinski definition) is 3. The number of methoxy groups -OCH3 is 1. The molecular formula is C25H30N2O3. The third-order valence-corrected chi connectivity index (χ3v) is 5.93. The number of benzene rings is 2. The molecule has 1 aliphatic rings. The molecule has 0 aliphatic heterocycles. The Balaban J connectivity index is 1.73. The van der Waals surface area contributed by atoms with Crippen LogP contribution in [0.5, 0.6) is 5.75 Å². The van der Waals surface area contributed by atoms with Gasteiger partial charge < -0.3 is 15.4 Å². The Bertz CT molecular complexity index is 884. The molecule has 5 nitrogen and oxygen atoms in total. The summed E-state index contributed by atoms with van der Waals surface area (Å²) in [4.78, 5) is 24.8. The molecule has 1 fully saturated rings. The van der Waals surface area contributed by atoms with Crippen molar-refractivity contribution in [3.8, 4) is 5.75 Å². The maximum Gasteiger partial charge on any atom is 0.255 e. The van der Waals surface area contributed by atoms with Gasteiger partial charge in [0.25, 0.3) is 5.91 Å². The molecular weight excluding hydrogens is 376 g/mol. The number of amides is 2. The first-order chi connectivity index (χ1) is 14.6. The fourth-order valence-electron chi connectivity index (χ4n) is 4.25. The van der Waals surface area contributed by atoms with E-state index in [9.17, 15) is 9.59 Å². The van der Waals surface area contributed by atoms with Gasteiger partial charge in [-0.05, 0) is 56.4 Å². The summed E-state index contributed by atoms with van der Waals surface area (Å²) >= 11 is 0. The molecule has 0 radical (unpaired) electrons. The predicted octanol–water partition coefficient (Wildman–Crippen LogP) is 4.00. The van der Waals surface area contributed by atoms with Crippen LogP contribution < -0.4 is 15.4 Å². The van der Waals surface area contributed by atoms with Crippen LogP contribution in [0, 0.1) is 0 Å². The van der Waals surface area contributed by atoms with Crippen LogP contribution in [0.3, 0.4) is 0 Å². The van der Waals surface area contributed by atoms with Gasteiger partial charge in [0.05, 0.1) is 12.7 Å². The van der Waals surface area contributed by atoms with Crippen LogP contribution in [-0.2, 0) is 10.2 Å². The van der Waals surface area contributed by atoms with Crippen LogP contribution >= 0.6 is 0 Å². The van der Waals surface area contributed by atoms with E-state index in [1.54, 1.807) is 31.4 Å². The van der Waals surface area contributed by atoms with Gasteiger partial charge >= 0.3 is 0 Å². The molecule has 5 heteroatoms. The Morgan fingerprint density at radius 3 is 2.40 bits per heavy atom. The lowest BCUT2D eigenvalue weighted by Crippen LogP contribution is -2.47. The van der Waals surface area contributed by atoms with Crippen molar-refractivity contribution in [3.05, 3.63) is 77.9 Å². The maximum atomic E-state index is 12.9. The van der Waals surface area contributed by atoms with Gasteiger partial charge in [0.15, 0.2) is 0 Å². The lowest BCUT2D eigenvalue weighted by molar-refractivity contribution is -0.117. The van der Waals surface area contributed by atoms with Gasteiger partial charge in [0.1, 0.15) is 5.75 Å². The van der Waals surface area contributed by atoms with Crippen molar-refractivity contribution < 1.29 is 14.3 Å². The van der Waals surface area contributed by atoms with Crippen molar-refractivity contribution in [2.75, 3.05) is 13.7 Å².